The fourth-order valence-corrected chi connectivity index (χ4v) is 2.91. The van der Waals surface area contributed by atoms with Gasteiger partial charge in [0.25, 0.3) is 0 Å². The van der Waals surface area contributed by atoms with E-state index in [0.29, 0.717) is 20.9 Å². The van der Waals surface area contributed by atoms with Crippen molar-refractivity contribution in [2.75, 3.05) is 5.73 Å². The summed E-state index contributed by atoms with van der Waals surface area (Å²) in [6.45, 7) is 4.10. The molecule has 18 heavy (non-hydrogen) atoms. The van der Waals surface area contributed by atoms with Crippen LogP contribution in [0.25, 0.3) is 0 Å². The monoisotopic (exact) mass is 298 g/mol. The van der Waals surface area contributed by atoms with Crippen LogP contribution in [0.5, 0.6) is 0 Å². The van der Waals surface area contributed by atoms with E-state index in [1.165, 1.54) is 22.9 Å². The van der Waals surface area contributed by atoms with E-state index in [4.69, 9.17) is 28.9 Å². The molecule has 0 spiro atoms. The highest BCUT2D eigenvalue weighted by Crippen LogP contribution is 2.36. The van der Waals surface area contributed by atoms with Gasteiger partial charge in [0.05, 0.1) is 10.0 Å². The van der Waals surface area contributed by atoms with Crippen molar-refractivity contribution in [3.63, 3.8) is 0 Å². The van der Waals surface area contributed by atoms with E-state index in [1.54, 1.807) is 6.07 Å². The van der Waals surface area contributed by atoms with Crippen LogP contribution in [0.4, 0.5) is 5.82 Å². The molecule has 2 N–H and O–H groups in total. The van der Waals surface area contributed by atoms with Gasteiger partial charge in [0.1, 0.15) is 10.8 Å². The largest absolute Gasteiger partial charge is 0.382 e. The normalized spacial score (nSPS) is 10.7. The molecule has 0 unspecified atom stereocenters. The van der Waals surface area contributed by atoms with Crippen molar-refractivity contribution in [3.05, 3.63) is 45.4 Å². The molecule has 0 saturated carbocycles. The van der Waals surface area contributed by atoms with Crippen LogP contribution in [-0.4, -0.2) is 4.98 Å². The molecule has 0 fully saturated rings. The van der Waals surface area contributed by atoms with Crippen molar-refractivity contribution in [3.8, 4) is 0 Å². The lowest BCUT2D eigenvalue weighted by molar-refractivity contribution is 1.14. The predicted molar refractivity (Wildman–Crippen MR) is 78.7 cm³/mol. The van der Waals surface area contributed by atoms with Crippen LogP contribution in [-0.2, 0) is 0 Å². The number of nitrogens with two attached hydrogens (primary N) is 1. The molecule has 2 aromatic rings. The SMILES string of the molecule is Cc1ccc(C)c(Sc2nc(N)c(Cl)cc2Cl)c1. The van der Waals surface area contributed by atoms with Crippen LogP contribution in [0.1, 0.15) is 11.1 Å². The average Bonchev–Trinajstić information content (AvgIpc) is 2.30. The third-order valence-corrected chi connectivity index (χ3v) is 4.34. The molecule has 0 amide bonds. The number of rotatable bonds is 2. The second-order valence-electron chi connectivity index (χ2n) is 4.01. The number of nitrogens with zero attached hydrogens (tertiary/aromatic N) is 1. The van der Waals surface area contributed by atoms with Crippen molar-refractivity contribution >= 4 is 40.8 Å². The van der Waals surface area contributed by atoms with E-state index in [9.17, 15) is 0 Å². The summed E-state index contributed by atoms with van der Waals surface area (Å²) in [5.74, 6) is 0.300. The number of benzene rings is 1. The van der Waals surface area contributed by atoms with Crippen LogP contribution < -0.4 is 5.73 Å². The van der Waals surface area contributed by atoms with Gasteiger partial charge in [0.15, 0.2) is 0 Å². The number of pyridine rings is 1. The van der Waals surface area contributed by atoms with Crippen molar-refractivity contribution in [2.45, 2.75) is 23.8 Å². The standard InChI is InChI=1S/C13H12Cl2N2S/c1-7-3-4-8(2)11(5-7)18-13-10(15)6-9(14)12(16)17-13/h3-6H,1-2H3,(H2,16,17). The highest BCUT2D eigenvalue weighted by Gasteiger charge is 2.10. The lowest BCUT2D eigenvalue weighted by Crippen LogP contribution is -1.94. The molecule has 0 aliphatic heterocycles. The minimum atomic E-state index is 0.300. The van der Waals surface area contributed by atoms with E-state index in [1.807, 2.05) is 0 Å². The summed E-state index contributed by atoms with van der Waals surface area (Å²) in [6.07, 6.45) is 0. The maximum atomic E-state index is 6.12. The van der Waals surface area contributed by atoms with Gasteiger partial charge in [-0.25, -0.2) is 4.98 Å². The zero-order chi connectivity index (χ0) is 13.3. The van der Waals surface area contributed by atoms with Crippen molar-refractivity contribution < 1.29 is 0 Å². The first-order valence-electron chi connectivity index (χ1n) is 5.34. The fraction of sp³-hybridized carbons (Fsp3) is 0.154. The van der Waals surface area contributed by atoms with Crippen LogP contribution in [0, 0.1) is 13.8 Å². The average molecular weight is 299 g/mol. The molecule has 1 heterocycles. The Kier molecular flexibility index (Phi) is 4.05. The summed E-state index contributed by atoms with van der Waals surface area (Å²) in [5.41, 5.74) is 8.07. The minimum absolute atomic E-state index is 0.300. The lowest BCUT2D eigenvalue weighted by Gasteiger charge is -2.08. The molecule has 2 rings (SSSR count). The number of nitrogen functional groups attached to an aromatic ring is 1. The highest BCUT2D eigenvalue weighted by atomic mass is 35.5. The molecule has 5 heteroatoms. The van der Waals surface area contributed by atoms with Crippen molar-refractivity contribution in [1.29, 1.82) is 0 Å². The summed E-state index contributed by atoms with van der Waals surface area (Å²) in [5, 5.41) is 1.57. The van der Waals surface area contributed by atoms with Crippen LogP contribution >= 0.6 is 35.0 Å². The molecule has 0 radical (unpaired) electrons. The van der Waals surface area contributed by atoms with Crippen molar-refractivity contribution in [2.24, 2.45) is 0 Å². The molecule has 2 nitrogen and oxygen atoms in total. The Morgan fingerprint density at radius 1 is 1.11 bits per heavy atom. The molecule has 1 aromatic heterocycles. The van der Waals surface area contributed by atoms with E-state index in [-0.39, 0.29) is 0 Å². The van der Waals surface area contributed by atoms with Gasteiger partial charge in [0.2, 0.25) is 0 Å². The quantitative estimate of drug-likeness (QED) is 0.870. The second kappa shape index (κ2) is 5.39. The van der Waals surface area contributed by atoms with E-state index < -0.39 is 0 Å². The van der Waals surface area contributed by atoms with Crippen LogP contribution in [0.2, 0.25) is 10.0 Å². The molecule has 0 aliphatic carbocycles. The maximum absolute atomic E-state index is 6.12. The Morgan fingerprint density at radius 2 is 1.83 bits per heavy atom. The smallest absolute Gasteiger partial charge is 0.143 e. The molecule has 1 aromatic carbocycles. The molecule has 94 valence electrons. The Balaban J connectivity index is 2.40. The summed E-state index contributed by atoms with van der Waals surface area (Å²) in [7, 11) is 0. The minimum Gasteiger partial charge on any atom is -0.382 e. The van der Waals surface area contributed by atoms with E-state index in [2.05, 4.69) is 37.0 Å². The molecule has 0 saturated heterocycles. The van der Waals surface area contributed by atoms with Gasteiger partial charge in [0, 0.05) is 4.90 Å². The van der Waals surface area contributed by atoms with Gasteiger partial charge < -0.3 is 5.73 Å². The number of anilines is 1. The molecular formula is C13H12Cl2N2S. The van der Waals surface area contributed by atoms with E-state index >= 15 is 0 Å². The van der Waals surface area contributed by atoms with Gasteiger partial charge in [-0.1, -0.05) is 47.1 Å². The molecule has 0 aliphatic rings. The number of hydrogen-bond donors (Lipinski definition) is 1. The number of hydrogen-bond acceptors (Lipinski definition) is 3. The van der Waals surface area contributed by atoms with Gasteiger partial charge in [-0.05, 0) is 37.1 Å². The van der Waals surface area contributed by atoms with Gasteiger partial charge in [-0.2, -0.15) is 0 Å². The molecular weight excluding hydrogens is 287 g/mol. The third-order valence-electron chi connectivity index (χ3n) is 2.47. The Hall–Kier alpha value is -0.900. The third kappa shape index (κ3) is 2.91. The number of aromatic nitrogens is 1. The van der Waals surface area contributed by atoms with Gasteiger partial charge in [-0.15, -0.1) is 0 Å². The van der Waals surface area contributed by atoms with Crippen LogP contribution in [0.15, 0.2) is 34.2 Å². The van der Waals surface area contributed by atoms with Gasteiger partial charge in [-0.3, -0.25) is 0 Å². The molecule has 0 atom stereocenters. The Bertz CT molecular complexity index is 600. The second-order valence-corrected chi connectivity index (χ2v) is 5.86. The topological polar surface area (TPSA) is 38.9 Å². The number of aryl methyl sites for hydroxylation is 2. The first-order chi connectivity index (χ1) is 8.47. The van der Waals surface area contributed by atoms with Crippen molar-refractivity contribution in [1.82, 2.24) is 4.98 Å². The zero-order valence-electron chi connectivity index (χ0n) is 10.00. The number of halogens is 2. The Labute approximate surface area is 121 Å². The molecule has 0 bridgehead atoms. The summed E-state index contributed by atoms with van der Waals surface area (Å²) < 4.78 is 0. The first-order valence-corrected chi connectivity index (χ1v) is 6.91. The predicted octanol–water partition coefficient (Wildman–Crippen LogP) is 4.74. The summed E-state index contributed by atoms with van der Waals surface area (Å²) in [4.78, 5) is 5.33. The first kappa shape index (κ1) is 13.5. The van der Waals surface area contributed by atoms with Crippen LogP contribution in [0.3, 0.4) is 0 Å². The summed E-state index contributed by atoms with van der Waals surface area (Å²) in [6, 6.07) is 7.87. The zero-order valence-corrected chi connectivity index (χ0v) is 12.3. The highest BCUT2D eigenvalue weighted by molar-refractivity contribution is 7.99. The van der Waals surface area contributed by atoms with E-state index in [0.717, 1.165) is 4.90 Å². The lowest BCUT2D eigenvalue weighted by atomic mass is 10.2. The fourth-order valence-electron chi connectivity index (χ4n) is 1.46. The maximum Gasteiger partial charge on any atom is 0.143 e. The summed E-state index contributed by atoms with van der Waals surface area (Å²) >= 11 is 13.5. The van der Waals surface area contributed by atoms with Gasteiger partial charge >= 0.3 is 0 Å². The Morgan fingerprint density at radius 3 is 2.56 bits per heavy atom.